The minimum atomic E-state index is -0.299. The number of halogens is 2. The first-order valence-corrected chi connectivity index (χ1v) is 10.8. The third-order valence-corrected chi connectivity index (χ3v) is 5.70. The number of carbonyl (C=O) groups is 1. The highest BCUT2D eigenvalue weighted by atomic mass is 35.5. The molecule has 0 radical (unpaired) electrons. The number of H-pyrrole nitrogens is 1. The third-order valence-electron chi connectivity index (χ3n) is 5.06. The maximum Gasteiger partial charge on any atom is 0.259 e. The zero-order chi connectivity index (χ0) is 22.8. The van der Waals surface area contributed by atoms with Crippen molar-refractivity contribution in [1.29, 1.82) is 0 Å². The van der Waals surface area contributed by atoms with E-state index in [1.807, 2.05) is 32.0 Å². The lowest BCUT2D eigenvalue weighted by molar-refractivity contribution is -0.124. The molecule has 0 saturated heterocycles. The van der Waals surface area contributed by atoms with E-state index in [4.69, 9.17) is 23.2 Å². The van der Waals surface area contributed by atoms with Gasteiger partial charge in [-0.15, -0.1) is 0 Å². The quantitative estimate of drug-likeness (QED) is 0.421. The first-order chi connectivity index (χ1) is 15.3. The fraction of sp³-hybridized carbons (Fsp3) is 0.167. The van der Waals surface area contributed by atoms with Crippen molar-refractivity contribution < 1.29 is 4.79 Å². The van der Waals surface area contributed by atoms with Crippen LogP contribution in [0, 0.1) is 5.92 Å². The molecule has 0 aliphatic rings. The van der Waals surface area contributed by atoms with E-state index in [0.29, 0.717) is 38.9 Å². The molecular formula is C24H20Cl2N4O2. The molecule has 0 bridgehead atoms. The van der Waals surface area contributed by atoms with Gasteiger partial charge in [0.05, 0.1) is 20.9 Å². The van der Waals surface area contributed by atoms with E-state index in [2.05, 4.69) is 20.3 Å². The number of aromatic nitrogens is 3. The van der Waals surface area contributed by atoms with Crippen molar-refractivity contribution in [1.82, 2.24) is 20.3 Å². The van der Waals surface area contributed by atoms with Crippen molar-refractivity contribution in [3.63, 3.8) is 0 Å². The van der Waals surface area contributed by atoms with E-state index in [-0.39, 0.29) is 17.4 Å². The van der Waals surface area contributed by atoms with Crippen LogP contribution < -0.4 is 10.9 Å². The van der Waals surface area contributed by atoms with Crippen molar-refractivity contribution in [2.75, 3.05) is 0 Å². The lowest BCUT2D eigenvalue weighted by Gasteiger charge is -2.11. The number of hydrogen-bond acceptors (Lipinski definition) is 4. The fourth-order valence-electron chi connectivity index (χ4n) is 3.30. The molecule has 4 aromatic rings. The monoisotopic (exact) mass is 466 g/mol. The summed E-state index contributed by atoms with van der Waals surface area (Å²) in [7, 11) is 0. The number of fused-ring (bicyclic) bond motifs is 1. The predicted molar refractivity (Wildman–Crippen MR) is 128 cm³/mol. The topological polar surface area (TPSA) is 87.7 Å². The molecule has 2 N–H and O–H groups in total. The van der Waals surface area contributed by atoms with Gasteiger partial charge >= 0.3 is 0 Å². The minimum Gasteiger partial charge on any atom is -0.352 e. The van der Waals surface area contributed by atoms with Gasteiger partial charge in [-0.05, 0) is 47.5 Å². The second-order valence-corrected chi connectivity index (χ2v) is 8.50. The second kappa shape index (κ2) is 9.10. The SMILES string of the molecule is CC(C)C(=O)NCc1ccc(Cl)c(-c2nc3cc(Cl)c(-c4ccncc4)cc3c(=O)[nH]2)c1. The molecule has 2 aromatic carbocycles. The molecule has 0 aliphatic heterocycles. The first kappa shape index (κ1) is 22.0. The Labute approximate surface area is 194 Å². The van der Waals surface area contributed by atoms with Crippen LogP contribution in [0.2, 0.25) is 10.0 Å². The first-order valence-electron chi connectivity index (χ1n) is 10.0. The smallest absolute Gasteiger partial charge is 0.259 e. The van der Waals surface area contributed by atoms with Crippen LogP contribution in [-0.4, -0.2) is 20.9 Å². The van der Waals surface area contributed by atoms with E-state index in [1.54, 1.807) is 36.7 Å². The van der Waals surface area contributed by atoms with Gasteiger partial charge in [0.15, 0.2) is 0 Å². The number of nitrogens with zero attached hydrogens (tertiary/aromatic N) is 2. The molecule has 0 fully saturated rings. The molecule has 6 nitrogen and oxygen atoms in total. The van der Waals surface area contributed by atoms with Gasteiger partial charge in [-0.3, -0.25) is 14.6 Å². The summed E-state index contributed by atoms with van der Waals surface area (Å²) in [5.74, 6) is 0.178. The summed E-state index contributed by atoms with van der Waals surface area (Å²) in [5, 5.41) is 4.20. The van der Waals surface area contributed by atoms with Gasteiger partial charge in [-0.1, -0.05) is 43.1 Å². The Balaban J connectivity index is 1.75. The average molecular weight is 467 g/mol. The summed E-state index contributed by atoms with van der Waals surface area (Å²) >= 11 is 12.9. The molecule has 0 atom stereocenters. The number of rotatable bonds is 5. The number of nitrogens with one attached hydrogen (secondary N) is 2. The number of amides is 1. The van der Waals surface area contributed by atoms with Crippen LogP contribution in [0.4, 0.5) is 0 Å². The largest absolute Gasteiger partial charge is 0.352 e. The number of benzene rings is 2. The normalized spacial score (nSPS) is 11.2. The van der Waals surface area contributed by atoms with Crippen LogP contribution in [0.1, 0.15) is 19.4 Å². The Morgan fingerprint density at radius 1 is 1.03 bits per heavy atom. The predicted octanol–water partition coefficient (Wildman–Crippen LogP) is 5.23. The number of hydrogen-bond donors (Lipinski definition) is 2. The van der Waals surface area contributed by atoms with Gasteiger partial charge in [-0.25, -0.2) is 4.98 Å². The van der Waals surface area contributed by atoms with E-state index >= 15 is 0 Å². The van der Waals surface area contributed by atoms with Crippen molar-refractivity contribution in [3.8, 4) is 22.5 Å². The molecule has 2 aromatic heterocycles. The van der Waals surface area contributed by atoms with E-state index < -0.39 is 0 Å². The van der Waals surface area contributed by atoms with Crippen molar-refractivity contribution in [2.45, 2.75) is 20.4 Å². The molecule has 4 rings (SSSR count). The van der Waals surface area contributed by atoms with Crippen LogP contribution >= 0.6 is 23.2 Å². The van der Waals surface area contributed by atoms with Crippen molar-refractivity contribution >= 4 is 40.0 Å². The van der Waals surface area contributed by atoms with Gasteiger partial charge in [0, 0.05) is 36.0 Å². The van der Waals surface area contributed by atoms with Crippen LogP contribution in [0.3, 0.4) is 0 Å². The Hall–Kier alpha value is -3.22. The summed E-state index contributed by atoms with van der Waals surface area (Å²) in [6.45, 7) is 4.01. The Bertz CT molecular complexity index is 1370. The van der Waals surface area contributed by atoms with Gasteiger partial charge in [0.1, 0.15) is 5.82 Å². The second-order valence-electron chi connectivity index (χ2n) is 7.69. The van der Waals surface area contributed by atoms with Gasteiger partial charge in [0.25, 0.3) is 5.56 Å². The highest BCUT2D eigenvalue weighted by Crippen LogP contribution is 2.32. The van der Waals surface area contributed by atoms with Crippen LogP contribution in [0.5, 0.6) is 0 Å². The molecule has 0 aliphatic carbocycles. The summed E-state index contributed by atoms with van der Waals surface area (Å²) < 4.78 is 0. The Morgan fingerprint density at radius 2 is 1.78 bits per heavy atom. The third kappa shape index (κ3) is 4.52. The van der Waals surface area contributed by atoms with Crippen molar-refractivity contribution in [2.24, 2.45) is 5.92 Å². The highest BCUT2D eigenvalue weighted by molar-refractivity contribution is 6.34. The van der Waals surface area contributed by atoms with Crippen molar-refractivity contribution in [3.05, 3.63) is 80.8 Å². The lowest BCUT2D eigenvalue weighted by Crippen LogP contribution is -2.27. The average Bonchev–Trinajstić information content (AvgIpc) is 2.78. The van der Waals surface area contributed by atoms with E-state index in [9.17, 15) is 9.59 Å². The lowest BCUT2D eigenvalue weighted by atomic mass is 10.0. The van der Waals surface area contributed by atoms with Crippen LogP contribution in [0.25, 0.3) is 33.4 Å². The molecule has 0 unspecified atom stereocenters. The van der Waals surface area contributed by atoms with Crippen LogP contribution in [0.15, 0.2) is 59.7 Å². The molecule has 2 heterocycles. The summed E-state index contributed by atoms with van der Waals surface area (Å²) in [6, 6.07) is 12.4. The molecule has 0 saturated carbocycles. The molecule has 0 spiro atoms. The summed E-state index contributed by atoms with van der Waals surface area (Å²) in [6.07, 6.45) is 3.33. The molecule has 8 heteroatoms. The molecule has 1 amide bonds. The maximum absolute atomic E-state index is 12.9. The summed E-state index contributed by atoms with van der Waals surface area (Å²) in [5.41, 5.74) is 3.15. The fourth-order valence-corrected chi connectivity index (χ4v) is 3.77. The van der Waals surface area contributed by atoms with Gasteiger partial charge in [0.2, 0.25) is 5.91 Å². The van der Waals surface area contributed by atoms with E-state index in [1.165, 1.54) is 0 Å². The molecular weight excluding hydrogens is 447 g/mol. The number of aromatic amines is 1. The zero-order valence-electron chi connectivity index (χ0n) is 17.4. The standard InChI is InChI=1S/C24H20Cl2N4O2/c1-13(2)23(31)28-12-14-3-4-19(25)17(9-14)22-29-21-11-20(26)16(10-18(21)24(32)30-22)15-5-7-27-8-6-15/h3-11,13H,12H2,1-2H3,(H,28,31)(H,29,30,32). The Morgan fingerprint density at radius 3 is 2.50 bits per heavy atom. The van der Waals surface area contributed by atoms with E-state index in [0.717, 1.165) is 16.7 Å². The zero-order valence-corrected chi connectivity index (χ0v) is 19.0. The van der Waals surface area contributed by atoms with Crippen LogP contribution in [-0.2, 0) is 11.3 Å². The Kier molecular flexibility index (Phi) is 6.26. The minimum absolute atomic E-state index is 0.0432. The molecule has 32 heavy (non-hydrogen) atoms. The van der Waals surface area contributed by atoms with Gasteiger partial charge in [-0.2, -0.15) is 0 Å². The maximum atomic E-state index is 12.9. The summed E-state index contributed by atoms with van der Waals surface area (Å²) in [4.78, 5) is 36.2. The number of carbonyl (C=O) groups excluding carboxylic acids is 1. The highest BCUT2D eigenvalue weighted by Gasteiger charge is 2.14. The number of pyridine rings is 1. The molecule has 162 valence electrons. The van der Waals surface area contributed by atoms with Gasteiger partial charge < -0.3 is 10.3 Å².